The van der Waals surface area contributed by atoms with E-state index < -0.39 is 204 Å². The van der Waals surface area contributed by atoms with E-state index >= 15 is 0 Å². The average molecular weight is 1220 g/mol. The molecule has 9 rings (SSSR count). The zero-order valence-electron chi connectivity index (χ0n) is 48.6. The van der Waals surface area contributed by atoms with E-state index in [2.05, 4.69) is 17.2 Å². The predicted molar refractivity (Wildman–Crippen MR) is 283 cm³/mol. The van der Waals surface area contributed by atoms with Crippen molar-refractivity contribution in [3.8, 4) is 0 Å². The normalized spacial score (nSPS) is 49.2. The van der Waals surface area contributed by atoms with Gasteiger partial charge in [-0.05, 0) is 88.0 Å². The summed E-state index contributed by atoms with van der Waals surface area (Å²) < 4.78 is 103. The van der Waals surface area contributed by atoms with Crippen molar-refractivity contribution in [3.05, 3.63) is 35.5 Å². The second-order valence-corrected chi connectivity index (χ2v) is 26.9. The van der Waals surface area contributed by atoms with Gasteiger partial charge in [0.25, 0.3) is 0 Å². The number of rotatable bonds is 17. The van der Waals surface area contributed by atoms with E-state index in [1.54, 1.807) is 19.1 Å². The van der Waals surface area contributed by atoms with Gasteiger partial charge in [-0.3, -0.25) is 14.1 Å². The largest absolute Gasteiger partial charge is 0.459 e. The molecule has 11 N–H and O–H groups in total. The van der Waals surface area contributed by atoms with Gasteiger partial charge in [0, 0.05) is 25.4 Å². The van der Waals surface area contributed by atoms with Crippen molar-refractivity contribution in [1.29, 1.82) is 0 Å². The Labute approximate surface area is 487 Å². The molecule has 0 radical (unpaired) electrons. The third-order valence-corrected chi connectivity index (χ3v) is 20.8. The van der Waals surface area contributed by atoms with Crippen LogP contribution in [0.5, 0.6) is 0 Å². The number of hydrogen-bond donors (Lipinski definition) is 11. The number of carbonyl (C=O) groups excluding carboxylic acids is 2. The molecule has 9 aliphatic rings. The number of methoxy groups -OCH3 is 1. The third kappa shape index (κ3) is 11.0. The maximum atomic E-state index is 14.7. The Morgan fingerprint density at radius 3 is 2.01 bits per heavy atom. The molecule has 4 aliphatic carbocycles. The summed E-state index contributed by atoms with van der Waals surface area (Å²) in [7, 11) is -3.82. The molecule has 0 aromatic carbocycles. The molecule has 27 nitrogen and oxygen atoms in total. The molecule has 478 valence electrons. The van der Waals surface area contributed by atoms with Crippen LogP contribution in [-0.4, -0.2) is 244 Å². The quantitative estimate of drug-likeness (QED) is 0.0350. The van der Waals surface area contributed by atoms with Crippen LogP contribution in [0, 0.1) is 39.4 Å². The number of aliphatic hydroxyl groups is 10. The molecule has 5 aliphatic heterocycles. The van der Waals surface area contributed by atoms with Crippen LogP contribution in [0.3, 0.4) is 0 Å². The highest BCUT2D eigenvalue weighted by molar-refractivity contribution is 7.80. The number of ether oxygens (including phenoxy) is 11. The number of esters is 2. The van der Waals surface area contributed by atoms with Crippen molar-refractivity contribution < 1.29 is 130 Å². The zero-order valence-corrected chi connectivity index (χ0v) is 49.5. The summed E-state index contributed by atoms with van der Waals surface area (Å²) in [6, 6.07) is 0. The van der Waals surface area contributed by atoms with Gasteiger partial charge in [-0.1, -0.05) is 57.1 Å². The number of carbonyl (C=O) groups is 2. The molecular formula is C56H86O27S. The summed E-state index contributed by atoms with van der Waals surface area (Å²) in [5.74, 6) is -2.57. The van der Waals surface area contributed by atoms with Crippen molar-refractivity contribution in [1.82, 2.24) is 0 Å². The van der Waals surface area contributed by atoms with E-state index in [4.69, 9.17) is 52.1 Å². The van der Waals surface area contributed by atoms with E-state index in [1.807, 2.05) is 40.7 Å². The van der Waals surface area contributed by atoms with Gasteiger partial charge in [-0.25, -0.2) is 4.18 Å². The first-order chi connectivity index (χ1) is 39.3. The number of hydrogen-bond acceptors (Lipinski definition) is 26. The Balaban J connectivity index is 0.932. The van der Waals surface area contributed by atoms with Crippen LogP contribution in [0.25, 0.3) is 0 Å². The van der Waals surface area contributed by atoms with Gasteiger partial charge < -0.3 is 103 Å². The number of aliphatic hydroxyl groups excluding tert-OH is 9. The smallest absolute Gasteiger partial charge is 0.397 e. The Hall–Kier alpha value is -2.73. The van der Waals surface area contributed by atoms with Crippen molar-refractivity contribution in [2.24, 2.45) is 39.4 Å². The van der Waals surface area contributed by atoms with Gasteiger partial charge in [0.05, 0.1) is 45.2 Å². The minimum Gasteiger partial charge on any atom is -0.459 e. The summed E-state index contributed by atoms with van der Waals surface area (Å²) in [5.41, 5.74) is -5.10. The van der Waals surface area contributed by atoms with Crippen LogP contribution in [0.15, 0.2) is 35.5 Å². The molecule has 0 aromatic rings. The highest BCUT2D eigenvalue weighted by atomic mass is 32.3. The molecule has 28 heteroatoms. The summed E-state index contributed by atoms with van der Waals surface area (Å²) in [4.78, 5) is 27.5. The van der Waals surface area contributed by atoms with Gasteiger partial charge in [-0.15, -0.1) is 0 Å². The lowest BCUT2D eigenvalue weighted by molar-refractivity contribution is -0.384. The van der Waals surface area contributed by atoms with E-state index in [0.717, 1.165) is 11.1 Å². The maximum absolute atomic E-state index is 14.7. The highest BCUT2D eigenvalue weighted by Crippen LogP contribution is 2.77. The lowest BCUT2D eigenvalue weighted by Gasteiger charge is -2.64. The number of cyclic esters (lactones) is 1. The molecule has 1 spiro atoms. The SMILES string of the molecule is CO[C@@H]1[C@@H](O)[C@H](O[C@@H]2[C@@H](O)[C@H](O[C@H]3[C@H](O)[C@@H](O)[C@H](O[C@H]4[C@H](O[C@H]5CC[C@]6(C)[C@@H]7CCC89C(=O)O[C@@](C)(/C=C/C=C(C)C)[C@@]8(O)[C@@H](OC(C)=O)C[C@@]9(C)C7=CC[C@H]6C5(C)C)OC[C@@H](COS(=O)(=O)O)[C@@H]4O)O[C@@H]3CO)OC[C@H]2O)O[C@H](CO)[C@H]1O. The first-order valence-electron chi connectivity index (χ1n) is 28.7. The lowest BCUT2D eigenvalue weighted by atomic mass is 9.40. The molecule has 3 saturated carbocycles. The fraction of sp³-hybridized carbons (Fsp3) is 0.857. The molecule has 8 fully saturated rings. The molecule has 0 amide bonds. The molecule has 84 heavy (non-hydrogen) atoms. The minimum atomic E-state index is -5.01. The first-order valence-corrected chi connectivity index (χ1v) is 30.1. The van der Waals surface area contributed by atoms with Crippen LogP contribution >= 0.6 is 0 Å². The lowest BCUT2D eigenvalue weighted by Crippen LogP contribution is -2.66. The first kappa shape index (κ1) is 65.7. The standard InChI is InChI=1S/C56H86O27S/c1-25(2)11-10-16-54(8)56(68)35(76-26(3)59)19-53(7)29-12-13-33-51(4,5)34(15-17-52(33,6)28(29)14-18-55(53,56)50(67)83-54)79-49-45(36(61)27(22-73-49)23-75-84(69,70)71)82-47-39(64)38(63)43(32(21-58)78-47)81-46-40(65)42(30(60)24-74-46)80-48-41(66)44(72-9)37(62)31(20-57)77-48/h10-12,16,27-28,30-49,57-58,60-66,68H,13-15,17-24H2,1-9H3,(H,69,70,71)/b16-10+/t27-,28+,30+,31+,32+,33-,34-,35-,36-,37+,38+,39+,40+,41+,42-,43+,44-,45+,46-,47-,48-,49-,52+,53-,54-,55?,56-/m0/s1. The molecule has 0 bridgehead atoms. The van der Waals surface area contributed by atoms with E-state index in [0.29, 0.717) is 25.7 Å². The Bertz CT molecular complexity index is 2600. The van der Waals surface area contributed by atoms with E-state index in [-0.39, 0.29) is 31.3 Å². The Morgan fingerprint density at radius 1 is 0.738 bits per heavy atom. The van der Waals surface area contributed by atoms with Crippen LogP contribution in [0.2, 0.25) is 0 Å². The minimum absolute atomic E-state index is 0.100. The van der Waals surface area contributed by atoms with Crippen LogP contribution in [-0.2, 0) is 76.3 Å². The van der Waals surface area contributed by atoms with E-state index in [9.17, 15) is 73.6 Å². The summed E-state index contributed by atoms with van der Waals surface area (Å²) in [5, 5.41) is 113. The van der Waals surface area contributed by atoms with Crippen LogP contribution < -0.4 is 0 Å². The van der Waals surface area contributed by atoms with Gasteiger partial charge in [0.15, 0.2) is 36.4 Å². The van der Waals surface area contributed by atoms with Gasteiger partial charge in [0.1, 0.15) is 84.8 Å². The van der Waals surface area contributed by atoms with Crippen molar-refractivity contribution in [3.63, 3.8) is 0 Å². The molecule has 27 atom stereocenters. The van der Waals surface area contributed by atoms with Crippen molar-refractivity contribution >= 4 is 22.3 Å². The maximum Gasteiger partial charge on any atom is 0.397 e. The Morgan fingerprint density at radius 2 is 1.37 bits per heavy atom. The topological polar surface area (TPSA) is 402 Å². The van der Waals surface area contributed by atoms with Crippen molar-refractivity contribution in [2.75, 3.05) is 40.1 Å². The molecule has 5 saturated heterocycles. The summed E-state index contributed by atoms with van der Waals surface area (Å²) in [6.45, 7) is 11.7. The van der Waals surface area contributed by atoms with Gasteiger partial charge in [-0.2, -0.15) is 8.42 Å². The van der Waals surface area contributed by atoms with Crippen LogP contribution in [0.1, 0.15) is 93.9 Å². The average Bonchev–Trinajstić information content (AvgIpc) is 1.62. The Kier molecular flexibility index (Phi) is 19.0. The fourth-order valence-electron chi connectivity index (χ4n) is 16.1. The fourth-order valence-corrected chi connectivity index (χ4v) is 16.4. The summed E-state index contributed by atoms with van der Waals surface area (Å²) in [6.07, 6.45) is -20.4. The predicted octanol–water partition coefficient (Wildman–Crippen LogP) is -1.27. The molecule has 5 heterocycles. The third-order valence-electron chi connectivity index (χ3n) is 20.4. The second-order valence-electron chi connectivity index (χ2n) is 25.8. The van der Waals surface area contributed by atoms with Crippen LogP contribution in [0.4, 0.5) is 0 Å². The van der Waals surface area contributed by atoms with Gasteiger partial charge in [0.2, 0.25) is 0 Å². The number of fused-ring (bicyclic) bond motifs is 4. The van der Waals surface area contributed by atoms with E-state index in [1.165, 1.54) is 14.0 Å². The molecule has 0 aromatic heterocycles. The number of allylic oxidation sites excluding steroid dienone is 5. The molecule has 1 unspecified atom stereocenters. The van der Waals surface area contributed by atoms with Gasteiger partial charge >= 0.3 is 22.3 Å². The second kappa shape index (κ2) is 24.2. The summed E-state index contributed by atoms with van der Waals surface area (Å²) >= 11 is 0. The zero-order chi connectivity index (χ0) is 61.6. The highest BCUT2D eigenvalue weighted by Gasteiger charge is 2.87. The monoisotopic (exact) mass is 1220 g/mol. The molecular weight excluding hydrogens is 1140 g/mol. The van der Waals surface area contributed by atoms with Crippen molar-refractivity contribution in [2.45, 2.75) is 222 Å².